The lowest BCUT2D eigenvalue weighted by Gasteiger charge is -2.30. The molecule has 11 aromatic rings. The third-order valence-electron chi connectivity index (χ3n) is 13.4. The number of hydrogen-bond donors (Lipinski definition) is 0. The van der Waals surface area contributed by atoms with Gasteiger partial charge in [-0.15, -0.1) is 0 Å². The number of para-hydroxylation sites is 4. The Kier molecular flexibility index (Phi) is 8.55. The van der Waals surface area contributed by atoms with Crippen molar-refractivity contribution in [2.24, 2.45) is 0 Å². The molecule has 2 nitrogen and oxygen atoms in total. The van der Waals surface area contributed by atoms with Crippen molar-refractivity contribution in [1.82, 2.24) is 4.57 Å². The maximum absolute atomic E-state index is 2.48. The van der Waals surface area contributed by atoms with E-state index in [0.717, 1.165) is 28.3 Å². The van der Waals surface area contributed by atoms with E-state index in [1.54, 1.807) is 0 Å². The fraction of sp³-hybridized carbons (Fsp3) is 0.0492. The molecule has 0 saturated carbocycles. The van der Waals surface area contributed by atoms with Crippen LogP contribution in [-0.4, -0.2) is 4.57 Å². The molecule has 0 aliphatic heterocycles. The van der Waals surface area contributed by atoms with Crippen molar-refractivity contribution < 1.29 is 0 Å². The summed E-state index contributed by atoms with van der Waals surface area (Å²) in [7, 11) is 0. The highest BCUT2D eigenvalue weighted by Crippen LogP contribution is 2.54. The van der Waals surface area contributed by atoms with E-state index in [1.807, 2.05) is 0 Å². The smallest absolute Gasteiger partial charge is 0.0541 e. The Balaban J connectivity index is 1.03. The average Bonchev–Trinajstić information content (AvgIpc) is 3.80. The normalized spacial score (nSPS) is 12.7. The third kappa shape index (κ3) is 5.94. The van der Waals surface area contributed by atoms with Gasteiger partial charge in [0, 0.05) is 38.7 Å². The van der Waals surface area contributed by atoms with Crippen molar-refractivity contribution in [1.29, 1.82) is 0 Å². The van der Waals surface area contributed by atoms with Gasteiger partial charge >= 0.3 is 0 Å². The first-order valence-electron chi connectivity index (χ1n) is 21.9. The number of fused-ring (bicyclic) bond motifs is 7. The van der Waals surface area contributed by atoms with Gasteiger partial charge in [0.25, 0.3) is 0 Å². The Morgan fingerprint density at radius 3 is 1.68 bits per heavy atom. The maximum Gasteiger partial charge on any atom is 0.0541 e. The number of anilines is 3. The molecule has 0 saturated heterocycles. The summed E-state index contributed by atoms with van der Waals surface area (Å²) in [5, 5.41) is 4.99. The first-order valence-corrected chi connectivity index (χ1v) is 21.9. The van der Waals surface area contributed by atoms with Gasteiger partial charge < -0.3 is 9.47 Å². The van der Waals surface area contributed by atoms with E-state index >= 15 is 0 Å². The van der Waals surface area contributed by atoms with Crippen LogP contribution < -0.4 is 4.90 Å². The summed E-state index contributed by atoms with van der Waals surface area (Å²) in [6, 6.07) is 84.7. The van der Waals surface area contributed by atoms with Gasteiger partial charge in [0.2, 0.25) is 0 Å². The topological polar surface area (TPSA) is 8.17 Å². The van der Waals surface area contributed by atoms with Gasteiger partial charge in [-0.2, -0.15) is 0 Å². The van der Waals surface area contributed by atoms with Crippen LogP contribution in [0.4, 0.5) is 17.1 Å². The lowest BCUT2D eigenvalue weighted by atomic mass is 9.82. The van der Waals surface area contributed by atoms with Gasteiger partial charge in [0.05, 0.1) is 22.4 Å². The minimum Gasteiger partial charge on any atom is -0.309 e. The molecule has 1 aliphatic carbocycles. The number of aromatic nitrogens is 1. The second kappa shape index (κ2) is 14.6. The Morgan fingerprint density at radius 2 is 0.921 bits per heavy atom. The molecule has 0 fully saturated rings. The molecule has 0 spiro atoms. The van der Waals surface area contributed by atoms with Crippen LogP contribution in [0.25, 0.3) is 82.8 Å². The van der Waals surface area contributed by atoms with Gasteiger partial charge in [-0.1, -0.05) is 190 Å². The quantitative estimate of drug-likeness (QED) is 0.156. The molecule has 12 rings (SSSR count). The molecule has 0 unspecified atom stereocenters. The zero-order chi connectivity index (χ0) is 42.1. The number of hydrogen-bond acceptors (Lipinski definition) is 1. The first-order chi connectivity index (χ1) is 31.0. The summed E-state index contributed by atoms with van der Waals surface area (Å²) >= 11 is 0. The van der Waals surface area contributed by atoms with Crippen LogP contribution in [0.3, 0.4) is 0 Å². The van der Waals surface area contributed by atoms with Gasteiger partial charge in [0.1, 0.15) is 0 Å². The number of rotatable bonds is 7. The molecule has 1 aliphatic rings. The molecule has 0 N–H and O–H groups in total. The van der Waals surface area contributed by atoms with E-state index in [0.29, 0.717) is 0 Å². The molecular formula is C61H44N2. The summed E-state index contributed by atoms with van der Waals surface area (Å²) < 4.78 is 2.39. The molecule has 0 amide bonds. The van der Waals surface area contributed by atoms with E-state index < -0.39 is 0 Å². The monoisotopic (exact) mass is 804 g/mol. The molecule has 0 radical (unpaired) electrons. The van der Waals surface area contributed by atoms with Crippen molar-refractivity contribution in [3.8, 4) is 50.2 Å². The van der Waals surface area contributed by atoms with Crippen LogP contribution in [0.1, 0.15) is 25.0 Å². The van der Waals surface area contributed by atoms with Gasteiger partial charge in [-0.25, -0.2) is 0 Å². The lowest BCUT2D eigenvalue weighted by Crippen LogP contribution is -2.15. The Labute approximate surface area is 368 Å². The van der Waals surface area contributed by atoms with Crippen LogP contribution in [0.5, 0.6) is 0 Å². The highest BCUT2D eigenvalue weighted by molar-refractivity contribution is 6.09. The minimum atomic E-state index is -0.103. The van der Waals surface area contributed by atoms with Crippen molar-refractivity contribution in [3.63, 3.8) is 0 Å². The number of nitrogens with zero attached hydrogens (tertiary/aromatic N) is 2. The Bertz CT molecular complexity index is 3500. The van der Waals surface area contributed by atoms with Crippen LogP contribution in [-0.2, 0) is 5.41 Å². The summed E-state index contributed by atoms with van der Waals surface area (Å²) in [4.78, 5) is 2.48. The van der Waals surface area contributed by atoms with Crippen molar-refractivity contribution in [2.75, 3.05) is 4.90 Å². The SMILES string of the molecule is CC1(C)c2ccccc2-c2c(-c3ccccc3N(c3ccc(-c4cccc(-n5c6ccccc6c6ccccc65)c4)cc3)c3ccccc3-c3ccc4ccccc4c3)cccc21. The second-order valence-corrected chi connectivity index (χ2v) is 17.3. The fourth-order valence-corrected chi connectivity index (χ4v) is 10.4. The molecule has 0 atom stereocenters. The Hall–Kier alpha value is -7.94. The van der Waals surface area contributed by atoms with Crippen LogP contribution in [0, 0.1) is 0 Å². The van der Waals surface area contributed by atoms with Gasteiger partial charge in [-0.3, -0.25) is 0 Å². The molecule has 1 heterocycles. The van der Waals surface area contributed by atoms with Crippen LogP contribution in [0.15, 0.2) is 231 Å². The van der Waals surface area contributed by atoms with E-state index in [-0.39, 0.29) is 5.41 Å². The molecule has 2 heteroatoms. The largest absolute Gasteiger partial charge is 0.309 e. The van der Waals surface area contributed by atoms with Crippen molar-refractivity contribution in [2.45, 2.75) is 19.3 Å². The zero-order valence-electron chi connectivity index (χ0n) is 35.3. The van der Waals surface area contributed by atoms with E-state index in [4.69, 9.17) is 0 Å². The Morgan fingerprint density at radius 1 is 0.365 bits per heavy atom. The van der Waals surface area contributed by atoms with E-state index in [2.05, 4.69) is 254 Å². The number of benzene rings is 10. The lowest BCUT2D eigenvalue weighted by molar-refractivity contribution is 0.660. The summed E-state index contributed by atoms with van der Waals surface area (Å²) in [6.45, 7) is 4.72. The van der Waals surface area contributed by atoms with E-state index in [1.165, 1.54) is 82.6 Å². The van der Waals surface area contributed by atoms with Gasteiger partial charge in [-0.05, 0) is 110 Å². The fourth-order valence-electron chi connectivity index (χ4n) is 10.4. The minimum absolute atomic E-state index is 0.103. The zero-order valence-corrected chi connectivity index (χ0v) is 35.3. The molecule has 298 valence electrons. The summed E-state index contributed by atoms with van der Waals surface area (Å²) in [5.41, 5.74) is 19.3. The standard InChI is InChI=1S/C61H44N2/c1-61(2)54-27-10-5-25-53(54)60-52(26-16-28-55(60)61)51-24-9-14-32-59(51)62(56-29-11-6-21-48(56)45-34-33-41-17-3-4-18-43(41)39-45)46-37-35-42(36-38-46)44-19-15-20-47(40-44)63-57-30-12-7-22-49(57)50-23-8-13-31-58(50)63/h3-40H,1-2H3. The molecule has 1 aromatic heterocycles. The second-order valence-electron chi connectivity index (χ2n) is 17.3. The predicted molar refractivity (Wildman–Crippen MR) is 267 cm³/mol. The van der Waals surface area contributed by atoms with Crippen molar-refractivity contribution in [3.05, 3.63) is 242 Å². The molecule has 10 aromatic carbocycles. The predicted octanol–water partition coefficient (Wildman–Crippen LogP) is 16.7. The average molecular weight is 805 g/mol. The maximum atomic E-state index is 2.48. The summed E-state index contributed by atoms with van der Waals surface area (Å²) in [5.74, 6) is 0. The van der Waals surface area contributed by atoms with Crippen LogP contribution in [0.2, 0.25) is 0 Å². The first kappa shape index (κ1) is 36.9. The third-order valence-corrected chi connectivity index (χ3v) is 13.4. The molecule has 63 heavy (non-hydrogen) atoms. The van der Waals surface area contributed by atoms with E-state index in [9.17, 15) is 0 Å². The molecule has 0 bridgehead atoms. The van der Waals surface area contributed by atoms with Crippen molar-refractivity contribution >= 4 is 49.6 Å². The highest BCUT2D eigenvalue weighted by Gasteiger charge is 2.37. The molecular weight excluding hydrogens is 761 g/mol. The highest BCUT2D eigenvalue weighted by atomic mass is 15.1. The summed E-state index contributed by atoms with van der Waals surface area (Å²) in [6.07, 6.45) is 0. The van der Waals surface area contributed by atoms with Gasteiger partial charge in [0.15, 0.2) is 0 Å². The van der Waals surface area contributed by atoms with Crippen LogP contribution >= 0.6 is 0 Å².